The van der Waals surface area contributed by atoms with E-state index in [1.54, 1.807) is 18.2 Å². The van der Waals surface area contributed by atoms with E-state index in [0.717, 1.165) is 24.1 Å². The lowest BCUT2D eigenvalue weighted by atomic mass is 10.1. The van der Waals surface area contributed by atoms with E-state index in [-0.39, 0.29) is 17.6 Å². The SMILES string of the molecule is Cc1ccc(NC(=O)CCCCCC(=O)Nc2ccccc2O)cc1. The van der Waals surface area contributed by atoms with Crippen LogP contribution in [0.3, 0.4) is 0 Å². The van der Waals surface area contributed by atoms with Gasteiger partial charge < -0.3 is 15.7 Å². The summed E-state index contributed by atoms with van der Waals surface area (Å²) in [6, 6.07) is 14.3. The second-order valence-corrected chi connectivity index (χ2v) is 6.04. The number of hydrogen-bond acceptors (Lipinski definition) is 3. The molecule has 2 aromatic carbocycles. The number of unbranched alkanes of at least 4 members (excludes halogenated alkanes) is 2. The van der Waals surface area contributed by atoms with E-state index in [9.17, 15) is 14.7 Å². The van der Waals surface area contributed by atoms with E-state index in [4.69, 9.17) is 0 Å². The molecule has 2 aromatic rings. The molecule has 0 aliphatic heterocycles. The first kappa shape index (κ1) is 18.5. The molecule has 0 saturated heterocycles. The standard InChI is InChI=1S/C20H24N2O3/c1-15-11-13-16(14-12-15)21-19(24)9-3-2-4-10-20(25)22-17-7-5-6-8-18(17)23/h5-8,11-14,23H,2-4,9-10H2,1H3,(H,21,24)(H,22,25). The molecule has 3 N–H and O–H groups in total. The monoisotopic (exact) mass is 340 g/mol. The van der Waals surface area contributed by atoms with Gasteiger partial charge in [-0.05, 0) is 44.0 Å². The molecule has 0 atom stereocenters. The van der Waals surface area contributed by atoms with Gasteiger partial charge >= 0.3 is 0 Å². The molecule has 0 saturated carbocycles. The summed E-state index contributed by atoms with van der Waals surface area (Å²) in [6.45, 7) is 2.00. The van der Waals surface area contributed by atoms with E-state index in [1.807, 2.05) is 31.2 Å². The summed E-state index contributed by atoms with van der Waals surface area (Å²) in [5.74, 6) is -0.0863. The number of para-hydroxylation sites is 2. The van der Waals surface area contributed by atoms with Gasteiger partial charge in [0, 0.05) is 18.5 Å². The first-order valence-electron chi connectivity index (χ1n) is 8.49. The molecule has 0 unspecified atom stereocenters. The van der Waals surface area contributed by atoms with Crippen molar-refractivity contribution < 1.29 is 14.7 Å². The van der Waals surface area contributed by atoms with Crippen molar-refractivity contribution in [3.63, 3.8) is 0 Å². The average Bonchev–Trinajstić information content (AvgIpc) is 2.59. The number of hydrogen-bond donors (Lipinski definition) is 3. The molecule has 0 aromatic heterocycles. The lowest BCUT2D eigenvalue weighted by Crippen LogP contribution is -2.12. The van der Waals surface area contributed by atoms with Crippen molar-refractivity contribution >= 4 is 23.2 Å². The summed E-state index contributed by atoms with van der Waals surface area (Å²) in [5.41, 5.74) is 2.38. The molecule has 0 aliphatic rings. The molecule has 132 valence electrons. The van der Waals surface area contributed by atoms with Crippen LogP contribution in [0.5, 0.6) is 5.75 Å². The number of amides is 2. The zero-order chi connectivity index (χ0) is 18.1. The van der Waals surface area contributed by atoms with Gasteiger partial charge in [-0.1, -0.05) is 36.2 Å². The summed E-state index contributed by atoms with van der Waals surface area (Å²) in [7, 11) is 0. The number of anilines is 2. The van der Waals surface area contributed by atoms with Gasteiger partial charge in [0.1, 0.15) is 5.75 Å². The Balaban J connectivity index is 1.59. The van der Waals surface area contributed by atoms with Crippen LogP contribution in [0.4, 0.5) is 11.4 Å². The predicted molar refractivity (Wildman–Crippen MR) is 99.6 cm³/mol. The van der Waals surface area contributed by atoms with Gasteiger partial charge in [0.25, 0.3) is 0 Å². The minimum Gasteiger partial charge on any atom is -0.506 e. The summed E-state index contributed by atoms with van der Waals surface area (Å²) >= 11 is 0. The van der Waals surface area contributed by atoms with Crippen LogP contribution in [0.1, 0.15) is 37.7 Å². The van der Waals surface area contributed by atoms with E-state index >= 15 is 0 Å². The number of benzene rings is 2. The normalized spacial score (nSPS) is 10.3. The number of rotatable bonds is 8. The lowest BCUT2D eigenvalue weighted by Gasteiger charge is -2.07. The number of carbonyl (C=O) groups excluding carboxylic acids is 2. The van der Waals surface area contributed by atoms with E-state index < -0.39 is 0 Å². The van der Waals surface area contributed by atoms with E-state index in [1.165, 1.54) is 6.07 Å². The molecule has 0 aliphatic carbocycles. The molecular formula is C20H24N2O3. The van der Waals surface area contributed by atoms with Crippen LogP contribution in [0.15, 0.2) is 48.5 Å². The van der Waals surface area contributed by atoms with Crippen molar-refractivity contribution in [2.45, 2.75) is 39.0 Å². The highest BCUT2D eigenvalue weighted by molar-refractivity contribution is 5.92. The number of phenolic OH excluding ortho intramolecular Hbond substituents is 1. The van der Waals surface area contributed by atoms with Crippen LogP contribution in [0.25, 0.3) is 0 Å². The summed E-state index contributed by atoms with van der Waals surface area (Å²) in [5, 5.41) is 15.1. The second kappa shape index (κ2) is 9.47. The zero-order valence-corrected chi connectivity index (χ0v) is 14.4. The van der Waals surface area contributed by atoms with Crippen LogP contribution in [-0.2, 0) is 9.59 Å². The largest absolute Gasteiger partial charge is 0.506 e. The van der Waals surface area contributed by atoms with Gasteiger partial charge in [-0.15, -0.1) is 0 Å². The molecule has 5 heteroatoms. The Hall–Kier alpha value is -2.82. The number of nitrogens with one attached hydrogen (secondary N) is 2. The smallest absolute Gasteiger partial charge is 0.224 e. The molecule has 0 heterocycles. The highest BCUT2D eigenvalue weighted by Crippen LogP contribution is 2.21. The molecule has 0 spiro atoms. The van der Waals surface area contributed by atoms with Gasteiger partial charge in [0.15, 0.2) is 0 Å². The molecular weight excluding hydrogens is 316 g/mol. The quantitative estimate of drug-likeness (QED) is 0.497. The van der Waals surface area contributed by atoms with Gasteiger partial charge in [-0.2, -0.15) is 0 Å². The Morgan fingerprint density at radius 2 is 1.44 bits per heavy atom. The first-order chi connectivity index (χ1) is 12.0. The lowest BCUT2D eigenvalue weighted by molar-refractivity contribution is -0.116. The maximum absolute atomic E-state index is 11.9. The minimum atomic E-state index is -0.134. The van der Waals surface area contributed by atoms with Crippen LogP contribution in [-0.4, -0.2) is 16.9 Å². The topological polar surface area (TPSA) is 78.4 Å². The molecule has 25 heavy (non-hydrogen) atoms. The van der Waals surface area contributed by atoms with Gasteiger partial charge in [0.05, 0.1) is 5.69 Å². The van der Waals surface area contributed by atoms with Crippen molar-refractivity contribution in [3.8, 4) is 5.75 Å². The average molecular weight is 340 g/mol. The first-order valence-corrected chi connectivity index (χ1v) is 8.49. The van der Waals surface area contributed by atoms with Crippen molar-refractivity contribution in [1.29, 1.82) is 0 Å². The fourth-order valence-corrected chi connectivity index (χ4v) is 2.40. The molecule has 2 rings (SSSR count). The minimum absolute atomic E-state index is 0.0116. The molecule has 0 fully saturated rings. The second-order valence-electron chi connectivity index (χ2n) is 6.04. The third-order valence-electron chi connectivity index (χ3n) is 3.82. The number of aryl methyl sites for hydroxylation is 1. The van der Waals surface area contributed by atoms with Crippen LogP contribution < -0.4 is 10.6 Å². The highest BCUT2D eigenvalue weighted by Gasteiger charge is 2.06. The molecule has 0 bridgehead atoms. The third kappa shape index (κ3) is 6.67. The number of aromatic hydroxyl groups is 1. The Bertz CT molecular complexity index is 711. The van der Waals surface area contributed by atoms with Gasteiger partial charge in [-0.3, -0.25) is 9.59 Å². The fraction of sp³-hybridized carbons (Fsp3) is 0.300. The molecule has 2 amide bonds. The summed E-state index contributed by atoms with van der Waals surface area (Å²) < 4.78 is 0. The number of phenols is 1. The zero-order valence-electron chi connectivity index (χ0n) is 14.4. The van der Waals surface area contributed by atoms with Gasteiger partial charge in [-0.25, -0.2) is 0 Å². The Kier molecular flexibility index (Phi) is 7.01. The summed E-state index contributed by atoms with van der Waals surface area (Å²) in [6.07, 6.45) is 3.05. The van der Waals surface area contributed by atoms with Gasteiger partial charge in [0.2, 0.25) is 11.8 Å². The highest BCUT2D eigenvalue weighted by atomic mass is 16.3. The van der Waals surface area contributed by atoms with Crippen LogP contribution in [0, 0.1) is 6.92 Å². The number of carbonyl (C=O) groups is 2. The van der Waals surface area contributed by atoms with Crippen molar-refractivity contribution in [2.24, 2.45) is 0 Å². The summed E-state index contributed by atoms with van der Waals surface area (Å²) in [4.78, 5) is 23.7. The van der Waals surface area contributed by atoms with Crippen molar-refractivity contribution in [3.05, 3.63) is 54.1 Å². The predicted octanol–water partition coefficient (Wildman–Crippen LogP) is 4.23. The van der Waals surface area contributed by atoms with Crippen molar-refractivity contribution in [1.82, 2.24) is 0 Å². The van der Waals surface area contributed by atoms with E-state index in [0.29, 0.717) is 24.9 Å². The Morgan fingerprint density at radius 3 is 2.08 bits per heavy atom. The fourth-order valence-electron chi connectivity index (χ4n) is 2.40. The maximum atomic E-state index is 11.9. The molecule has 0 radical (unpaired) electrons. The molecule has 5 nitrogen and oxygen atoms in total. The maximum Gasteiger partial charge on any atom is 0.224 e. The Labute approximate surface area is 148 Å². The van der Waals surface area contributed by atoms with Crippen LogP contribution in [0.2, 0.25) is 0 Å². The Morgan fingerprint density at radius 1 is 0.840 bits per heavy atom. The third-order valence-corrected chi connectivity index (χ3v) is 3.82. The van der Waals surface area contributed by atoms with Crippen LogP contribution >= 0.6 is 0 Å². The van der Waals surface area contributed by atoms with Crippen molar-refractivity contribution in [2.75, 3.05) is 10.6 Å². The van der Waals surface area contributed by atoms with E-state index in [2.05, 4.69) is 10.6 Å².